The number of hydrogen-bond donors (Lipinski definition) is 1. The van der Waals surface area contributed by atoms with Crippen molar-refractivity contribution >= 4 is 0 Å². The minimum Gasteiger partial charge on any atom is -0.313 e. The maximum Gasteiger partial charge on any atom is 0.0540 e. The van der Waals surface area contributed by atoms with Crippen LogP contribution in [0.4, 0.5) is 0 Å². The lowest BCUT2D eigenvalue weighted by Crippen LogP contribution is -2.31. The van der Waals surface area contributed by atoms with E-state index in [2.05, 4.69) is 38.2 Å². The Hall–Kier alpha value is -0.830. The fourth-order valence-electron chi connectivity index (χ4n) is 3.36. The Labute approximate surface area is 111 Å². The Morgan fingerprint density at radius 3 is 2.56 bits per heavy atom. The number of hydrogen-bond acceptors (Lipinski definition) is 2. The van der Waals surface area contributed by atoms with E-state index in [4.69, 9.17) is 0 Å². The maximum atomic E-state index is 4.39. The van der Waals surface area contributed by atoms with Gasteiger partial charge in [0.2, 0.25) is 0 Å². The lowest BCUT2D eigenvalue weighted by molar-refractivity contribution is 0.174. The average molecular weight is 249 g/mol. The van der Waals surface area contributed by atoms with E-state index in [1.165, 1.54) is 30.5 Å². The topological polar surface area (TPSA) is 29.9 Å². The molecule has 4 unspecified atom stereocenters. The van der Waals surface area contributed by atoms with Gasteiger partial charge in [-0.2, -0.15) is 5.10 Å². The molecule has 0 bridgehead atoms. The van der Waals surface area contributed by atoms with E-state index < -0.39 is 0 Å². The number of aromatic nitrogens is 2. The molecule has 1 aromatic rings. The summed E-state index contributed by atoms with van der Waals surface area (Å²) in [6.07, 6.45) is 6.08. The second-order valence-electron chi connectivity index (χ2n) is 6.10. The van der Waals surface area contributed by atoms with Crippen LogP contribution < -0.4 is 5.32 Å². The summed E-state index contributed by atoms with van der Waals surface area (Å²) in [6, 6.07) is 0.466. The molecule has 0 radical (unpaired) electrons. The van der Waals surface area contributed by atoms with Gasteiger partial charge in [-0.25, -0.2) is 0 Å². The standard InChI is InChI=1S/C15H27N3/c1-10-6-7-13(8-11(10)2)15(16-4)14-9-17-18(5)12(14)3/h9-11,13,15-16H,6-8H2,1-5H3. The van der Waals surface area contributed by atoms with Crippen LogP contribution in [0.1, 0.15) is 50.4 Å². The van der Waals surface area contributed by atoms with Crippen molar-refractivity contribution in [3.63, 3.8) is 0 Å². The normalized spacial score (nSPS) is 30.4. The first-order valence-corrected chi connectivity index (χ1v) is 7.20. The molecule has 4 atom stereocenters. The molecule has 0 amide bonds. The summed E-state index contributed by atoms with van der Waals surface area (Å²) in [5.74, 6) is 2.48. The van der Waals surface area contributed by atoms with Crippen molar-refractivity contribution in [3.05, 3.63) is 17.5 Å². The molecule has 3 heteroatoms. The third-order valence-electron chi connectivity index (χ3n) is 5.03. The molecule has 2 rings (SSSR count). The Morgan fingerprint density at radius 1 is 1.33 bits per heavy atom. The molecule has 1 fully saturated rings. The van der Waals surface area contributed by atoms with Crippen LogP contribution in [-0.2, 0) is 7.05 Å². The molecule has 0 aliphatic heterocycles. The Morgan fingerprint density at radius 2 is 2.06 bits per heavy atom. The van der Waals surface area contributed by atoms with Crippen molar-refractivity contribution < 1.29 is 0 Å². The monoisotopic (exact) mass is 249 g/mol. The van der Waals surface area contributed by atoms with Crippen molar-refractivity contribution in [2.75, 3.05) is 7.05 Å². The van der Waals surface area contributed by atoms with Crippen molar-refractivity contribution in [1.82, 2.24) is 15.1 Å². The second kappa shape index (κ2) is 5.43. The molecule has 1 aliphatic rings. The minimum atomic E-state index is 0.466. The highest BCUT2D eigenvalue weighted by Crippen LogP contribution is 2.40. The minimum absolute atomic E-state index is 0.466. The molecule has 1 N–H and O–H groups in total. The first kappa shape index (κ1) is 13.6. The molecule has 1 saturated carbocycles. The van der Waals surface area contributed by atoms with Gasteiger partial charge in [0.1, 0.15) is 0 Å². The van der Waals surface area contributed by atoms with Crippen molar-refractivity contribution in [2.45, 2.75) is 46.1 Å². The summed E-state index contributed by atoms with van der Waals surface area (Å²) in [6.45, 7) is 6.96. The van der Waals surface area contributed by atoms with Crippen LogP contribution in [-0.4, -0.2) is 16.8 Å². The van der Waals surface area contributed by atoms with Crippen molar-refractivity contribution in [2.24, 2.45) is 24.8 Å². The van der Waals surface area contributed by atoms with E-state index in [1.54, 1.807) is 0 Å². The van der Waals surface area contributed by atoms with E-state index in [0.29, 0.717) is 6.04 Å². The highest BCUT2D eigenvalue weighted by Gasteiger charge is 2.31. The van der Waals surface area contributed by atoms with Crippen LogP contribution in [0.15, 0.2) is 6.20 Å². The molecule has 3 nitrogen and oxygen atoms in total. The van der Waals surface area contributed by atoms with Gasteiger partial charge in [0.15, 0.2) is 0 Å². The van der Waals surface area contributed by atoms with Gasteiger partial charge < -0.3 is 5.32 Å². The number of rotatable bonds is 3. The summed E-state index contributed by atoms with van der Waals surface area (Å²) in [4.78, 5) is 0. The lowest BCUT2D eigenvalue weighted by Gasteiger charge is -2.36. The van der Waals surface area contributed by atoms with E-state index in [1.807, 2.05) is 17.9 Å². The lowest BCUT2D eigenvalue weighted by atomic mass is 9.72. The predicted octanol–water partition coefficient (Wildman–Crippen LogP) is 3.06. The number of nitrogens with zero attached hydrogens (tertiary/aromatic N) is 2. The predicted molar refractivity (Wildman–Crippen MR) is 75.4 cm³/mol. The molecule has 18 heavy (non-hydrogen) atoms. The fraction of sp³-hybridized carbons (Fsp3) is 0.800. The van der Waals surface area contributed by atoms with Gasteiger partial charge in [0.05, 0.1) is 6.20 Å². The zero-order chi connectivity index (χ0) is 13.3. The van der Waals surface area contributed by atoms with Gasteiger partial charge in [-0.15, -0.1) is 0 Å². The highest BCUT2D eigenvalue weighted by atomic mass is 15.3. The van der Waals surface area contributed by atoms with Crippen LogP contribution in [0.3, 0.4) is 0 Å². The highest BCUT2D eigenvalue weighted by molar-refractivity contribution is 5.21. The Kier molecular flexibility index (Phi) is 4.10. The third kappa shape index (κ3) is 2.46. The van der Waals surface area contributed by atoms with E-state index in [0.717, 1.165) is 17.8 Å². The van der Waals surface area contributed by atoms with E-state index in [-0.39, 0.29) is 0 Å². The molecule has 102 valence electrons. The number of nitrogens with one attached hydrogen (secondary N) is 1. The summed E-state index contributed by atoms with van der Waals surface area (Å²) in [5.41, 5.74) is 2.67. The molecule has 0 spiro atoms. The number of aryl methyl sites for hydroxylation is 1. The first-order chi connectivity index (χ1) is 8.54. The van der Waals surface area contributed by atoms with Gasteiger partial charge in [-0.05, 0) is 44.6 Å². The summed E-state index contributed by atoms with van der Waals surface area (Å²) in [7, 11) is 4.11. The molecule has 1 heterocycles. The van der Waals surface area contributed by atoms with Gasteiger partial charge in [0, 0.05) is 24.3 Å². The van der Waals surface area contributed by atoms with Crippen LogP contribution in [0.5, 0.6) is 0 Å². The summed E-state index contributed by atoms with van der Waals surface area (Å²) >= 11 is 0. The molecule has 1 aromatic heterocycles. The Balaban J connectivity index is 2.16. The maximum absolute atomic E-state index is 4.39. The summed E-state index contributed by atoms with van der Waals surface area (Å²) in [5, 5.41) is 7.91. The molecular weight excluding hydrogens is 222 g/mol. The Bertz CT molecular complexity index is 396. The van der Waals surface area contributed by atoms with Crippen LogP contribution >= 0.6 is 0 Å². The molecule has 0 saturated heterocycles. The molecular formula is C15H27N3. The molecule has 0 aromatic carbocycles. The van der Waals surface area contributed by atoms with Gasteiger partial charge in [-0.1, -0.05) is 20.3 Å². The first-order valence-electron chi connectivity index (χ1n) is 7.20. The van der Waals surface area contributed by atoms with Gasteiger partial charge in [-0.3, -0.25) is 4.68 Å². The third-order valence-corrected chi connectivity index (χ3v) is 5.03. The van der Waals surface area contributed by atoms with Crippen LogP contribution in [0.2, 0.25) is 0 Å². The second-order valence-corrected chi connectivity index (χ2v) is 6.10. The largest absolute Gasteiger partial charge is 0.313 e. The molecule has 1 aliphatic carbocycles. The zero-order valence-corrected chi connectivity index (χ0v) is 12.4. The zero-order valence-electron chi connectivity index (χ0n) is 12.4. The average Bonchev–Trinajstić information content (AvgIpc) is 2.67. The van der Waals surface area contributed by atoms with Crippen molar-refractivity contribution in [1.29, 1.82) is 0 Å². The van der Waals surface area contributed by atoms with E-state index in [9.17, 15) is 0 Å². The smallest absolute Gasteiger partial charge is 0.0540 e. The van der Waals surface area contributed by atoms with E-state index >= 15 is 0 Å². The quantitative estimate of drug-likeness (QED) is 0.892. The SMILES string of the molecule is CNC(c1cnn(C)c1C)C1CCC(C)C(C)C1. The van der Waals surface area contributed by atoms with Gasteiger partial charge >= 0.3 is 0 Å². The van der Waals surface area contributed by atoms with Crippen molar-refractivity contribution in [3.8, 4) is 0 Å². The van der Waals surface area contributed by atoms with Crippen LogP contribution in [0, 0.1) is 24.7 Å². The van der Waals surface area contributed by atoms with Crippen LogP contribution in [0.25, 0.3) is 0 Å². The fourth-order valence-corrected chi connectivity index (χ4v) is 3.36. The van der Waals surface area contributed by atoms with Gasteiger partial charge in [0.25, 0.3) is 0 Å². The summed E-state index contributed by atoms with van der Waals surface area (Å²) < 4.78 is 1.98.